The zero-order valence-corrected chi connectivity index (χ0v) is 11.5. The van der Waals surface area contributed by atoms with Gasteiger partial charge in [-0.1, -0.05) is 39.1 Å². The Balaban J connectivity index is 2.95. The van der Waals surface area contributed by atoms with Crippen LogP contribution in [-0.2, 0) is 0 Å². The molecular weight excluding hydrogens is 301 g/mol. The van der Waals surface area contributed by atoms with E-state index < -0.39 is 6.10 Å². The molecule has 0 aromatic heterocycles. The van der Waals surface area contributed by atoms with Gasteiger partial charge >= 0.3 is 0 Å². The maximum Gasteiger partial charge on any atom is 0.0722 e. The van der Waals surface area contributed by atoms with Gasteiger partial charge in [-0.2, -0.15) is 0 Å². The summed E-state index contributed by atoms with van der Waals surface area (Å²) in [5.41, 5.74) is 0.648. The van der Waals surface area contributed by atoms with E-state index in [1.807, 2.05) is 6.92 Å². The van der Waals surface area contributed by atoms with E-state index in [1.165, 1.54) is 0 Å². The molecule has 0 aliphatic carbocycles. The lowest BCUT2D eigenvalue weighted by atomic mass is 10.2. The standard InChI is InChI=1S/C10H12BrCl2NO/c1-5(6(2)15)14-10-8(12)3-7(11)4-9(10)13/h3-6,14-15H,1-2H3. The van der Waals surface area contributed by atoms with Gasteiger partial charge in [0.15, 0.2) is 0 Å². The first-order chi connectivity index (χ1) is 6.91. The van der Waals surface area contributed by atoms with Crippen molar-refractivity contribution >= 4 is 44.8 Å². The average Bonchev–Trinajstić information content (AvgIpc) is 2.10. The predicted octanol–water partition coefficient (Wildman–Crippen LogP) is 3.94. The normalized spacial score (nSPS) is 14.8. The second-order valence-electron chi connectivity index (χ2n) is 3.42. The van der Waals surface area contributed by atoms with Crippen LogP contribution in [0.25, 0.3) is 0 Å². The van der Waals surface area contributed by atoms with E-state index in [2.05, 4.69) is 21.2 Å². The number of hydrogen-bond acceptors (Lipinski definition) is 2. The zero-order chi connectivity index (χ0) is 11.6. The Bertz CT molecular complexity index is 334. The van der Waals surface area contributed by atoms with E-state index in [1.54, 1.807) is 19.1 Å². The number of aliphatic hydroxyl groups is 1. The molecule has 2 unspecified atom stereocenters. The van der Waals surface area contributed by atoms with Crippen molar-refractivity contribution in [3.05, 3.63) is 26.7 Å². The Morgan fingerprint density at radius 3 is 2.13 bits per heavy atom. The highest BCUT2D eigenvalue weighted by Crippen LogP contribution is 2.34. The first-order valence-electron chi connectivity index (χ1n) is 4.51. The van der Waals surface area contributed by atoms with Gasteiger partial charge in [0.05, 0.1) is 21.8 Å². The summed E-state index contributed by atoms with van der Waals surface area (Å²) >= 11 is 15.3. The van der Waals surface area contributed by atoms with Crippen molar-refractivity contribution in [3.8, 4) is 0 Å². The highest BCUT2D eigenvalue weighted by Gasteiger charge is 2.13. The third-order valence-electron chi connectivity index (χ3n) is 2.10. The largest absolute Gasteiger partial charge is 0.391 e. The Labute approximate surface area is 108 Å². The molecule has 5 heteroatoms. The van der Waals surface area contributed by atoms with Crippen molar-refractivity contribution in [1.82, 2.24) is 0 Å². The summed E-state index contributed by atoms with van der Waals surface area (Å²) < 4.78 is 0.827. The maximum absolute atomic E-state index is 9.36. The third-order valence-corrected chi connectivity index (χ3v) is 3.16. The molecule has 1 aromatic carbocycles. The molecule has 15 heavy (non-hydrogen) atoms. The summed E-state index contributed by atoms with van der Waals surface area (Å²) in [5.74, 6) is 0. The summed E-state index contributed by atoms with van der Waals surface area (Å²) in [6.07, 6.45) is -0.471. The quantitative estimate of drug-likeness (QED) is 0.886. The summed E-state index contributed by atoms with van der Waals surface area (Å²) in [5, 5.41) is 13.5. The molecule has 2 nitrogen and oxygen atoms in total. The van der Waals surface area contributed by atoms with Gasteiger partial charge in [0.1, 0.15) is 0 Å². The van der Waals surface area contributed by atoms with E-state index >= 15 is 0 Å². The molecule has 0 bridgehead atoms. The topological polar surface area (TPSA) is 32.3 Å². The summed E-state index contributed by atoms with van der Waals surface area (Å²) in [6.45, 7) is 3.57. The Morgan fingerprint density at radius 2 is 1.73 bits per heavy atom. The smallest absolute Gasteiger partial charge is 0.0722 e. The minimum Gasteiger partial charge on any atom is -0.391 e. The fraction of sp³-hybridized carbons (Fsp3) is 0.400. The van der Waals surface area contributed by atoms with Gasteiger partial charge in [0, 0.05) is 10.5 Å². The van der Waals surface area contributed by atoms with Crippen LogP contribution in [0.2, 0.25) is 10.0 Å². The second kappa shape index (κ2) is 5.39. The molecule has 1 aromatic rings. The number of anilines is 1. The summed E-state index contributed by atoms with van der Waals surface area (Å²) in [4.78, 5) is 0. The number of aliphatic hydroxyl groups excluding tert-OH is 1. The molecule has 2 atom stereocenters. The highest BCUT2D eigenvalue weighted by atomic mass is 79.9. The molecule has 0 aliphatic rings. The van der Waals surface area contributed by atoms with Crippen molar-refractivity contribution in [3.63, 3.8) is 0 Å². The van der Waals surface area contributed by atoms with Crippen molar-refractivity contribution in [2.75, 3.05) is 5.32 Å². The molecule has 0 spiro atoms. The first-order valence-corrected chi connectivity index (χ1v) is 6.06. The van der Waals surface area contributed by atoms with Crippen LogP contribution >= 0.6 is 39.1 Å². The van der Waals surface area contributed by atoms with Crippen LogP contribution < -0.4 is 5.32 Å². The van der Waals surface area contributed by atoms with E-state index in [0.717, 1.165) is 4.47 Å². The van der Waals surface area contributed by atoms with Gasteiger partial charge in [-0.3, -0.25) is 0 Å². The molecule has 84 valence electrons. The molecule has 0 saturated carbocycles. The van der Waals surface area contributed by atoms with E-state index in [9.17, 15) is 5.11 Å². The third kappa shape index (κ3) is 3.52. The van der Waals surface area contributed by atoms with E-state index in [-0.39, 0.29) is 6.04 Å². The lowest BCUT2D eigenvalue weighted by molar-refractivity contribution is 0.178. The van der Waals surface area contributed by atoms with Crippen molar-refractivity contribution in [2.24, 2.45) is 0 Å². The van der Waals surface area contributed by atoms with Gasteiger partial charge in [0.2, 0.25) is 0 Å². The minimum absolute atomic E-state index is 0.110. The second-order valence-corrected chi connectivity index (χ2v) is 5.15. The molecule has 0 fully saturated rings. The number of benzene rings is 1. The molecular formula is C10H12BrCl2NO. The van der Waals surface area contributed by atoms with E-state index in [0.29, 0.717) is 15.7 Å². The Morgan fingerprint density at radius 1 is 1.27 bits per heavy atom. The van der Waals surface area contributed by atoms with Crippen LogP contribution in [0.3, 0.4) is 0 Å². The molecule has 0 heterocycles. The lowest BCUT2D eigenvalue weighted by Gasteiger charge is -2.19. The summed E-state index contributed by atoms with van der Waals surface area (Å²) in [7, 11) is 0. The van der Waals surface area contributed by atoms with Crippen LogP contribution in [0.1, 0.15) is 13.8 Å². The molecule has 1 rings (SSSR count). The van der Waals surface area contributed by atoms with Gasteiger partial charge in [0.25, 0.3) is 0 Å². The van der Waals surface area contributed by atoms with Crippen molar-refractivity contribution < 1.29 is 5.11 Å². The maximum atomic E-state index is 9.36. The van der Waals surface area contributed by atoms with Crippen molar-refractivity contribution in [2.45, 2.75) is 26.0 Å². The molecule has 0 radical (unpaired) electrons. The Kier molecular flexibility index (Phi) is 4.71. The van der Waals surface area contributed by atoms with Gasteiger partial charge in [-0.15, -0.1) is 0 Å². The number of rotatable bonds is 3. The number of hydrogen-bond donors (Lipinski definition) is 2. The van der Waals surface area contributed by atoms with Gasteiger partial charge in [-0.25, -0.2) is 0 Å². The van der Waals surface area contributed by atoms with Crippen LogP contribution in [0, 0.1) is 0 Å². The highest BCUT2D eigenvalue weighted by molar-refractivity contribution is 9.10. The number of nitrogens with one attached hydrogen (secondary N) is 1. The molecule has 0 saturated heterocycles. The van der Waals surface area contributed by atoms with E-state index in [4.69, 9.17) is 23.2 Å². The zero-order valence-electron chi connectivity index (χ0n) is 8.39. The number of halogens is 3. The van der Waals surface area contributed by atoms with Crippen molar-refractivity contribution in [1.29, 1.82) is 0 Å². The molecule has 2 N–H and O–H groups in total. The molecule has 0 aliphatic heterocycles. The Hall–Kier alpha value is 0.0400. The fourth-order valence-electron chi connectivity index (χ4n) is 1.03. The minimum atomic E-state index is -0.471. The van der Waals surface area contributed by atoms with Gasteiger partial charge in [-0.05, 0) is 26.0 Å². The van der Waals surface area contributed by atoms with Crippen LogP contribution in [0.4, 0.5) is 5.69 Å². The molecule has 0 amide bonds. The van der Waals surface area contributed by atoms with Crippen LogP contribution in [-0.4, -0.2) is 17.3 Å². The summed E-state index contributed by atoms with van der Waals surface area (Å²) in [6, 6.07) is 3.40. The van der Waals surface area contributed by atoms with Crippen LogP contribution in [0.15, 0.2) is 16.6 Å². The first kappa shape index (κ1) is 13.1. The van der Waals surface area contributed by atoms with Crippen LogP contribution in [0.5, 0.6) is 0 Å². The average molecular weight is 313 g/mol. The predicted molar refractivity (Wildman–Crippen MR) is 68.9 cm³/mol. The monoisotopic (exact) mass is 311 g/mol. The van der Waals surface area contributed by atoms with Gasteiger partial charge < -0.3 is 10.4 Å². The fourth-order valence-corrected chi connectivity index (χ4v) is 2.35. The SMILES string of the molecule is CC(O)C(C)Nc1c(Cl)cc(Br)cc1Cl. The lowest BCUT2D eigenvalue weighted by Crippen LogP contribution is -2.28.